The van der Waals surface area contributed by atoms with Crippen LogP contribution in [0, 0.1) is 5.92 Å². The zero-order valence-corrected chi connectivity index (χ0v) is 21.0. The highest BCUT2D eigenvalue weighted by Gasteiger charge is 2.29. The second kappa shape index (κ2) is 12.3. The molecule has 186 valence electrons. The van der Waals surface area contributed by atoms with Gasteiger partial charge in [-0.2, -0.15) is 0 Å². The van der Waals surface area contributed by atoms with Gasteiger partial charge >= 0.3 is 11.9 Å². The third-order valence-corrected chi connectivity index (χ3v) is 6.43. The van der Waals surface area contributed by atoms with Gasteiger partial charge in [-0.05, 0) is 39.2 Å². The summed E-state index contributed by atoms with van der Waals surface area (Å²) in [4.78, 5) is 51.6. The second-order valence-electron chi connectivity index (χ2n) is 8.41. The summed E-state index contributed by atoms with van der Waals surface area (Å²) in [6.07, 6.45) is 2.48. The van der Waals surface area contributed by atoms with Gasteiger partial charge in [-0.1, -0.05) is 35.9 Å². The maximum Gasteiger partial charge on any atom is 0.342 e. The number of piperidine rings is 1. The topological polar surface area (TPSA) is 102 Å². The normalized spacial score (nSPS) is 13.6. The molecule has 2 heterocycles. The first-order chi connectivity index (χ1) is 16.8. The Morgan fingerprint density at radius 2 is 1.77 bits per heavy atom. The number of ether oxygens (including phenoxy) is 2. The maximum atomic E-state index is 13.1. The van der Waals surface area contributed by atoms with Gasteiger partial charge in [0.25, 0.3) is 5.91 Å². The lowest BCUT2D eigenvalue weighted by atomic mass is 9.97. The van der Waals surface area contributed by atoms with Crippen molar-refractivity contribution in [3.8, 4) is 11.1 Å². The van der Waals surface area contributed by atoms with Crippen LogP contribution in [0.25, 0.3) is 11.1 Å². The Kier molecular flexibility index (Phi) is 9.19. The van der Waals surface area contributed by atoms with Gasteiger partial charge in [-0.25, -0.2) is 4.79 Å². The van der Waals surface area contributed by atoms with Gasteiger partial charge in [0.2, 0.25) is 5.91 Å². The highest BCUT2D eigenvalue weighted by molar-refractivity contribution is 7.15. The van der Waals surface area contributed by atoms with E-state index in [9.17, 15) is 19.2 Å². The number of esters is 2. The maximum absolute atomic E-state index is 13.1. The lowest BCUT2D eigenvalue weighted by Gasteiger charge is -2.30. The van der Waals surface area contributed by atoms with E-state index < -0.39 is 12.6 Å². The summed E-state index contributed by atoms with van der Waals surface area (Å²) in [5.74, 6) is -1.81. The average molecular weight is 499 g/mol. The molecule has 1 fully saturated rings. The van der Waals surface area contributed by atoms with Crippen LogP contribution in [0.1, 0.15) is 44.0 Å². The number of thiophene rings is 1. The molecular weight excluding hydrogens is 468 g/mol. The van der Waals surface area contributed by atoms with E-state index in [0.29, 0.717) is 43.1 Å². The molecule has 0 aliphatic carbocycles. The van der Waals surface area contributed by atoms with Gasteiger partial charge in [-0.15, -0.1) is 11.3 Å². The van der Waals surface area contributed by atoms with E-state index in [2.05, 4.69) is 5.32 Å². The quantitative estimate of drug-likeness (QED) is 0.431. The molecule has 8 nitrogen and oxygen atoms in total. The summed E-state index contributed by atoms with van der Waals surface area (Å²) in [7, 11) is 0. The van der Waals surface area contributed by atoms with Gasteiger partial charge in [-0.3, -0.25) is 14.4 Å². The van der Waals surface area contributed by atoms with Crippen LogP contribution in [0.5, 0.6) is 0 Å². The Bertz CT molecular complexity index is 1100. The molecule has 1 aromatic carbocycles. The Labute approximate surface area is 208 Å². The molecule has 0 radical (unpaired) electrons. The number of likely N-dealkylation sites (tertiary alicyclic amines) is 1. The molecule has 0 atom stereocenters. The fourth-order valence-electron chi connectivity index (χ4n) is 3.81. The van der Waals surface area contributed by atoms with Crippen molar-refractivity contribution in [3.05, 3.63) is 52.9 Å². The average Bonchev–Trinajstić information content (AvgIpc) is 3.26. The number of carbonyl (C=O) groups is 4. The summed E-state index contributed by atoms with van der Waals surface area (Å²) in [6.45, 7) is 6.08. The minimum atomic E-state index is -0.688. The van der Waals surface area contributed by atoms with Gasteiger partial charge < -0.3 is 19.7 Å². The molecule has 0 spiro atoms. The number of hydrogen-bond acceptors (Lipinski definition) is 7. The number of benzene rings is 1. The van der Waals surface area contributed by atoms with E-state index in [0.717, 1.165) is 11.1 Å². The van der Waals surface area contributed by atoms with Crippen molar-refractivity contribution >= 4 is 40.1 Å². The van der Waals surface area contributed by atoms with Crippen LogP contribution in [-0.2, 0) is 23.9 Å². The van der Waals surface area contributed by atoms with Crippen molar-refractivity contribution in [3.63, 3.8) is 0 Å². The van der Waals surface area contributed by atoms with Crippen molar-refractivity contribution in [2.24, 2.45) is 5.92 Å². The van der Waals surface area contributed by atoms with Gasteiger partial charge in [0.1, 0.15) is 10.6 Å². The molecule has 9 heteroatoms. The summed E-state index contributed by atoms with van der Waals surface area (Å²) >= 11 is 1.22. The number of allylic oxidation sites excluding steroid dienone is 1. The number of nitrogens with zero attached hydrogens (tertiary/aromatic N) is 1. The van der Waals surface area contributed by atoms with Crippen molar-refractivity contribution in [2.75, 3.05) is 31.6 Å². The monoisotopic (exact) mass is 498 g/mol. The zero-order chi connectivity index (χ0) is 25.4. The van der Waals surface area contributed by atoms with Crippen LogP contribution >= 0.6 is 11.3 Å². The van der Waals surface area contributed by atoms with Crippen molar-refractivity contribution < 1.29 is 28.7 Å². The minimum absolute atomic E-state index is 0.213. The number of anilines is 1. The summed E-state index contributed by atoms with van der Waals surface area (Å²) < 4.78 is 10.5. The van der Waals surface area contributed by atoms with E-state index in [4.69, 9.17) is 9.47 Å². The number of rotatable bonds is 8. The molecule has 0 unspecified atom stereocenters. The zero-order valence-electron chi connectivity index (χ0n) is 20.2. The summed E-state index contributed by atoms with van der Waals surface area (Å²) in [5.41, 5.74) is 2.45. The predicted octanol–water partition coefficient (Wildman–Crippen LogP) is 4.28. The molecule has 0 saturated carbocycles. The molecule has 3 rings (SSSR count). The fraction of sp³-hybridized carbons (Fsp3) is 0.385. The van der Waals surface area contributed by atoms with E-state index >= 15 is 0 Å². The fourth-order valence-corrected chi connectivity index (χ4v) is 4.77. The first-order valence-electron chi connectivity index (χ1n) is 11.5. The van der Waals surface area contributed by atoms with Crippen LogP contribution < -0.4 is 5.32 Å². The van der Waals surface area contributed by atoms with Gasteiger partial charge in [0.05, 0.1) is 12.5 Å². The Balaban J connectivity index is 1.69. The van der Waals surface area contributed by atoms with Crippen molar-refractivity contribution in [1.29, 1.82) is 0 Å². The molecule has 1 aliphatic heterocycles. The van der Waals surface area contributed by atoms with E-state index in [1.165, 1.54) is 17.4 Å². The molecule has 1 aliphatic rings. The molecule has 1 aromatic heterocycles. The number of carbonyl (C=O) groups excluding carboxylic acids is 4. The van der Waals surface area contributed by atoms with Crippen molar-refractivity contribution in [1.82, 2.24) is 4.90 Å². The molecule has 0 bridgehead atoms. The predicted molar refractivity (Wildman–Crippen MR) is 134 cm³/mol. The van der Waals surface area contributed by atoms with Crippen LogP contribution in [0.4, 0.5) is 5.00 Å². The third kappa shape index (κ3) is 7.02. The Morgan fingerprint density at radius 1 is 1.09 bits per heavy atom. The highest BCUT2D eigenvalue weighted by Crippen LogP contribution is 2.36. The molecule has 35 heavy (non-hydrogen) atoms. The molecule has 2 aromatic rings. The van der Waals surface area contributed by atoms with E-state index in [-0.39, 0.29) is 29.3 Å². The summed E-state index contributed by atoms with van der Waals surface area (Å²) in [5, 5.41) is 4.90. The SMILES string of the molecule is CCOC(=O)C1CCN(C(=O)COC(=O)c2c(-c3ccccc3)csc2NC(=O)C=C(C)C)CC1. The number of nitrogens with one attached hydrogen (secondary N) is 1. The number of hydrogen-bond donors (Lipinski definition) is 1. The minimum Gasteiger partial charge on any atom is -0.466 e. The second-order valence-corrected chi connectivity index (χ2v) is 9.29. The lowest BCUT2D eigenvalue weighted by molar-refractivity contribution is -0.151. The summed E-state index contributed by atoms with van der Waals surface area (Å²) in [6, 6.07) is 9.30. The third-order valence-electron chi connectivity index (χ3n) is 5.53. The lowest BCUT2D eigenvalue weighted by Crippen LogP contribution is -2.42. The Morgan fingerprint density at radius 3 is 2.40 bits per heavy atom. The van der Waals surface area contributed by atoms with Crippen LogP contribution in [-0.4, -0.2) is 55.0 Å². The van der Waals surface area contributed by atoms with E-state index in [1.807, 2.05) is 30.3 Å². The largest absolute Gasteiger partial charge is 0.466 e. The molecular formula is C26H30N2O6S. The van der Waals surface area contributed by atoms with Gasteiger partial charge in [0.15, 0.2) is 6.61 Å². The Hall–Kier alpha value is -3.46. The molecule has 1 N–H and O–H groups in total. The molecule has 2 amide bonds. The number of amides is 2. The van der Waals surface area contributed by atoms with Crippen LogP contribution in [0.3, 0.4) is 0 Å². The molecule has 1 saturated heterocycles. The highest BCUT2D eigenvalue weighted by atomic mass is 32.1. The smallest absolute Gasteiger partial charge is 0.342 e. The van der Waals surface area contributed by atoms with Gasteiger partial charge in [0, 0.05) is 30.1 Å². The van der Waals surface area contributed by atoms with Crippen LogP contribution in [0.15, 0.2) is 47.4 Å². The van der Waals surface area contributed by atoms with Crippen LogP contribution in [0.2, 0.25) is 0 Å². The first kappa shape index (κ1) is 26.2. The van der Waals surface area contributed by atoms with E-state index in [1.54, 1.807) is 31.1 Å². The first-order valence-corrected chi connectivity index (χ1v) is 12.4. The standard InChI is InChI=1S/C26H30N2O6S/c1-4-33-25(31)19-10-12-28(13-11-19)22(30)15-34-26(32)23-20(18-8-6-5-7-9-18)16-35-24(23)27-21(29)14-17(2)3/h5-9,14,16,19H,4,10-13,15H2,1-3H3,(H,27,29). The van der Waals surface area contributed by atoms with Crippen molar-refractivity contribution in [2.45, 2.75) is 33.6 Å².